The molecule has 4 nitrogen and oxygen atoms in total. The van der Waals surface area contributed by atoms with Crippen LogP contribution in [0.1, 0.15) is 0 Å². The van der Waals surface area contributed by atoms with Gasteiger partial charge in [0, 0.05) is 12.4 Å². The summed E-state index contributed by atoms with van der Waals surface area (Å²) < 4.78 is 36.3. The van der Waals surface area contributed by atoms with Crippen LogP contribution in [-0.4, -0.2) is 35.2 Å². The van der Waals surface area contributed by atoms with Crippen molar-refractivity contribution in [2.45, 2.75) is 12.0 Å². The monoisotopic (exact) mass is 280 g/mol. The lowest BCUT2D eigenvalue weighted by atomic mass is 10.2. The lowest BCUT2D eigenvalue weighted by Gasteiger charge is -2.16. The number of rotatable bonds is 2. The van der Waals surface area contributed by atoms with Gasteiger partial charge in [-0.1, -0.05) is 0 Å². The van der Waals surface area contributed by atoms with Crippen molar-refractivity contribution in [3.8, 4) is 6.01 Å². The molecule has 7 heteroatoms. The van der Waals surface area contributed by atoms with Crippen LogP contribution in [0.5, 0.6) is 6.01 Å². The van der Waals surface area contributed by atoms with E-state index in [2.05, 4.69) is 30.6 Å². The summed E-state index contributed by atoms with van der Waals surface area (Å²) in [6.45, 7) is -0.763. The molecule has 0 N–H and O–H groups in total. The molecule has 0 spiro atoms. The number of hydrogen-bond acceptors (Lipinski definition) is 4. The van der Waals surface area contributed by atoms with Gasteiger partial charge in [-0.15, -0.1) is 0 Å². The third-order valence-electron chi connectivity index (χ3n) is 1.88. The predicted octanol–water partition coefficient (Wildman–Crippen LogP) is 1.65. The standard InChI is InChI=1S/C8H7BrF2N2O2/c9-5-1-12-7(13-2-5)15-6-3-14-4-8(6,10)11/h1-2,6H,3-4H2. The van der Waals surface area contributed by atoms with Crippen molar-refractivity contribution in [2.24, 2.45) is 0 Å². The first-order valence-electron chi connectivity index (χ1n) is 4.18. The first-order valence-corrected chi connectivity index (χ1v) is 4.97. The highest BCUT2D eigenvalue weighted by Crippen LogP contribution is 2.28. The molecule has 2 heterocycles. The van der Waals surface area contributed by atoms with Gasteiger partial charge in [0.1, 0.15) is 6.61 Å². The number of nitrogens with zero attached hydrogens (tertiary/aromatic N) is 2. The zero-order chi connectivity index (χ0) is 10.9. The van der Waals surface area contributed by atoms with E-state index in [1.54, 1.807) is 0 Å². The van der Waals surface area contributed by atoms with E-state index in [0.29, 0.717) is 4.47 Å². The summed E-state index contributed by atoms with van der Waals surface area (Å²) in [5.74, 6) is -2.98. The van der Waals surface area contributed by atoms with Gasteiger partial charge >= 0.3 is 11.9 Å². The van der Waals surface area contributed by atoms with Crippen LogP contribution in [0.2, 0.25) is 0 Å². The summed E-state index contributed by atoms with van der Waals surface area (Å²) in [6, 6.07) is -0.0756. The minimum absolute atomic E-state index is 0.0756. The second-order valence-corrected chi connectivity index (χ2v) is 3.98. The van der Waals surface area contributed by atoms with Crippen LogP contribution >= 0.6 is 15.9 Å². The van der Waals surface area contributed by atoms with Gasteiger partial charge in [-0.05, 0) is 15.9 Å². The maximum absolute atomic E-state index is 13.1. The van der Waals surface area contributed by atoms with Gasteiger partial charge in [-0.25, -0.2) is 9.97 Å². The lowest BCUT2D eigenvalue weighted by molar-refractivity contribution is -0.0684. The van der Waals surface area contributed by atoms with Crippen molar-refractivity contribution < 1.29 is 18.3 Å². The molecule has 0 saturated carbocycles. The van der Waals surface area contributed by atoms with Crippen molar-refractivity contribution >= 4 is 15.9 Å². The lowest BCUT2D eigenvalue weighted by Crippen LogP contribution is -2.36. The second-order valence-electron chi connectivity index (χ2n) is 3.07. The molecule has 1 aliphatic rings. The van der Waals surface area contributed by atoms with Gasteiger partial charge in [0.15, 0.2) is 6.10 Å². The summed E-state index contributed by atoms with van der Waals surface area (Å²) >= 11 is 3.13. The van der Waals surface area contributed by atoms with Crippen molar-refractivity contribution in [3.63, 3.8) is 0 Å². The molecule has 1 unspecified atom stereocenters. The Balaban J connectivity index is 2.06. The average molecular weight is 281 g/mol. The van der Waals surface area contributed by atoms with Crippen molar-refractivity contribution in [1.82, 2.24) is 9.97 Å². The van der Waals surface area contributed by atoms with E-state index in [1.165, 1.54) is 12.4 Å². The molecule has 1 aliphatic heterocycles. The van der Waals surface area contributed by atoms with E-state index < -0.39 is 18.6 Å². The topological polar surface area (TPSA) is 44.2 Å². The summed E-state index contributed by atoms with van der Waals surface area (Å²) in [5.41, 5.74) is 0. The Hall–Kier alpha value is -0.820. The van der Waals surface area contributed by atoms with Crippen LogP contribution in [-0.2, 0) is 4.74 Å². The van der Waals surface area contributed by atoms with Crippen LogP contribution in [0.3, 0.4) is 0 Å². The van der Waals surface area contributed by atoms with Gasteiger partial charge in [-0.2, -0.15) is 8.78 Å². The molecule has 1 saturated heterocycles. The highest BCUT2D eigenvalue weighted by molar-refractivity contribution is 9.10. The Labute approximate surface area is 92.8 Å². The number of hydrogen-bond donors (Lipinski definition) is 0. The fourth-order valence-corrected chi connectivity index (χ4v) is 1.33. The molecule has 1 fully saturated rings. The molecular formula is C8H7BrF2N2O2. The summed E-state index contributed by atoms with van der Waals surface area (Å²) in [5, 5.41) is 0. The summed E-state index contributed by atoms with van der Waals surface area (Å²) in [6.07, 6.45) is 1.55. The molecule has 0 aromatic carbocycles. The Morgan fingerprint density at radius 3 is 2.67 bits per heavy atom. The molecule has 1 aromatic rings. The quantitative estimate of drug-likeness (QED) is 0.826. The highest BCUT2D eigenvalue weighted by atomic mass is 79.9. The Kier molecular flexibility index (Phi) is 2.83. The van der Waals surface area contributed by atoms with Crippen LogP contribution in [0.15, 0.2) is 16.9 Å². The van der Waals surface area contributed by atoms with Crippen LogP contribution in [0.4, 0.5) is 8.78 Å². The van der Waals surface area contributed by atoms with E-state index in [4.69, 9.17) is 4.74 Å². The molecule has 15 heavy (non-hydrogen) atoms. The minimum atomic E-state index is -2.98. The SMILES string of the molecule is FC1(F)COCC1Oc1ncc(Br)cn1. The zero-order valence-electron chi connectivity index (χ0n) is 7.49. The van der Waals surface area contributed by atoms with Gasteiger partial charge in [0.05, 0.1) is 11.1 Å². The first-order chi connectivity index (χ1) is 7.08. The molecular weight excluding hydrogens is 274 g/mol. The molecule has 2 rings (SSSR count). The maximum atomic E-state index is 13.1. The molecule has 0 aliphatic carbocycles. The van der Waals surface area contributed by atoms with Crippen LogP contribution < -0.4 is 4.74 Å². The van der Waals surface area contributed by atoms with Gasteiger partial charge < -0.3 is 9.47 Å². The van der Waals surface area contributed by atoms with E-state index in [9.17, 15) is 8.78 Å². The maximum Gasteiger partial charge on any atom is 0.316 e. The molecule has 0 bridgehead atoms. The fourth-order valence-electron chi connectivity index (χ4n) is 1.13. The van der Waals surface area contributed by atoms with Crippen molar-refractivity contribution in [1.29, 1.82) is 0 Å². The Morgan fingerprint density at radius 2 is 2.13 bits per heavy atom. The van der Waals surface area contributed by atoms with Gasteiger partial charge in [-0.3, -0.25) is 0 Å². The average Bonchev–Trinajstić information content (AvgIpc) is 2.50. The second kappa shape index (κ2) is 3.97. The molecule has 0 amide bonds. The van der Waals surface area contributed by atoms with Crippen molar-refractivity contribution in [2.75, 3.05) is 13.2 Å². The normalized spacial score (nSPS) is 24.1. The predicted molar refractivity (Wildman–Crippen MR) is 49.9 cm³/mol. The highest BCUT2D eigenvalue weighted by Gasteiger charge is 2.47. The largest absolute Gasteiger partial charge is 0.451 e. The molecule has 82 valence electrons. The number of halogens is 3. The number of ether oxygens (including phenoxy) is 2. The van der Waals surface area contributed by atoms with Gasteiger partial charge in [0.2, 0.25) is 0 Å². The van der Waals surface area contributed by atoms with Crippen LogP contribution in [0.25, 0.3) is 0 Å². The van der Waals surface area contributed by atoms with E-state index in [0.717, 1.165) is 0 Å². The van der Waals surface area contributed by atoms with E-state index in [-0.39, 0.29) is 12.6 Å². The van der Waals surface area contributed by atoms with Crippen LogP contribution in [0, 0.1) is 0 Å². The number of alkyl halides is 2. The van der Waals surface area contributed by atoms with E-state index >= 15 is 0 Å². The zero-order valence-corrected chi connectivity index (χ0v) is 9.08. The minimum Gasteiger partial charge on any atom is -0.451 e. The smallest absolute Gasteiger partial charge is 0.316 e. The fraction of sp³-hybridized carbons (Fsp3) is 0.500. The van der Waals surface area contributed by atoms with E-state index in [1.807, 2.05) is 0 Å². The Morgan fingerprint density at radius 1 is 1.47 bits per heavy atom. The summed E-state index contributed by atoms with van der Waals surface area (Å²) in [4.78, 5) is 7.48. The van der Waals surface area contributed by atoms with Gasteiger partial charge in [0.25, 0.3) is 0 Å². The molecule has 1 aromatic heterocycles. The first kappa shape index (κ1) is 10.7. The molecule has 0 radical (unpaired) electrons. The summed E-state index contributed by atoms with van der Waals surface area (Å²) in [7, 11) is 0. The third kappa shape index (κ3) is 2.40. The van der Waals surface area contributed by atoms with Crippen molar-refractivity contribution in [3.05, 3.63) is 16.9 Å². The number of aromatic nitrogens is 2. The third-order valence-corrected chi connectivity index (χ3v) is 2.29. The molecule has 1 atom stereocenters. The Bertz CT molecular complexity index is 347.